The van der Waals surface area contributed by atoms with Gasteiger partial charge in [-0.15, -0.1) is 11.3 Å². The van der Waals surface area contributed by atoms with E-state index in [0.29, 0.717) is 11.8 Å². The van der Waals surface area contributed by atoms with Crippen LogP contribution in [0.2, 0.25) is 0 Å². The van der Waals surface area contributed by atoms with Gasteiger partial charge in [-0.3, -0.25) is 0 Å². The molecule has 0 amide bonds. The Hall–Kier alpha value is -0.600. The van der Waals surface area contributed by atoms with E-state index in [9.17, 15) is 0 Å². The second-order valence-electron chi connectivity index (χ2n) is 4.38. The maximum atomic E-state index is 2.21. The predicted octanol–water partition coefficient (Wildman–Crippen LogP) is 5.74. The van der Waals surface area contributed by atoms with Crippen molar-refractivity contribution in [2.75, 3.05) is 0 Å². The van der Waals surface area contributed by atoms with Gasteiger partial charge in [-0.05, 0) is 45.7 Å². The third kappa shape index (κ3) is 4.50. The fraction of sp³-hybridized carbons (Fsp3) is 0.429. The normalized spacial score (nSPS) is 10.4. The Morgan fingerprint density at radius 3 is 1.94 bits per heavy atom. The first kappa shape index (κ1) is 13.5. The van der Waals surface area contributed by atoms with Gasteiger partial charge in [0.05, 0.1) is 0 Å². The van der Waals surface area contributed by atoms with Crippen LogP contribution in [-0.4, -0.2) is 0 Å². The Balaban J connectivity index is 0.000000160. The second-order valence-corrected chi connectivity index (χ2v) is 6.14. The molecule has 0 aliphatic carbocycles. The van der Waals surface area contributed by atoms with Crippen LogP contribution in [0.4, 0.5) is 0 Å². The lowest BCUT2D eigenvalue weighted by molar-refractivity contribution is 0.872. The van der Waals surface area contributed by atoms with E-state index in [1.807, 2.05) is 11.3 Å². The fourth-order valence-electron chi connectivity index (χ4n) is 1.22. The van der Waals surface area contributed by atoms with Gasteiger partial charge < -0.3 is 0 Å². The topological polar surface area (TPSA) is 0 Å². The van der Waals surface area contributed by atoms with Gasteiger partial charge in [0.25, 0.3) is 0 Å². The SMILES string of the molecule is CC(C)c1cccs1.CC(C)c1ccsc1. The van der Waals surface area contributed by atoms with Gasteiger partial charge >= 0.3 is 0 Å². The summed E-state index contributed by atoms with van der Waals surface area (Å²) in [6, 6.07) is 6.45. The molecule has 0 unspecified atom stereocenters. The quantitative estimate of drug-likeness (QED) is 0.639. The molecule has 0 N–H and O–H groups in total. The molecule has 88 valence electrons. The molecule has 0 nitrogen and oxygen atoms in total. The molecule has 0 fully saturated rings. The summed E-state index contributed by atoms with van der Waals surface area (Å²) in [5, 5.41) is 6.44. The fourth-order valence-corrected chi connectivity index (χ4v) is 2.79. The van der Waals surface area contributed by atoms with Crippen molar-refractivity contribution in [3.05, 3.63) is 44.8 Å². The molecule has 2 aromatic heterocycles. The molecule has 2 aromatic rings. The van der Waals surface area contributed by atoms with Crippen LogP contribution >= 0.6 is 22.7 Å². The molecule has 0 saturated heterocycles. The monoisotopic (exact) mass is 252 g/mol. The molecule has 2 heterocycles. The predicted molar refractivity (Wildman–Crippen MR) is 76.8 cm³/mol. The highest BCUT2D eigenvalue weighted by atomic mass is 32.1. The van der Waals surface area contributed by atoms with Gasteiger partial charge in [-0.1, -0.05) is 33.8 Å². The van der Waals surface area contributed by atoms with Crippen LogP contribution in [0, 0.1) is 0 Å². The maximum absolute atomic E-state index is 2.21. The van der Waals surface area contributed by atoms with Crippen LogP contribution < -0.4 is 0 Å². The summed E-state index contributed by atoms with van der Waals surface area (Å²) in [4.78, 5) is 1.48. The zero-order valence-electron chi connectivity index (χ0n) is 10.4. The Kier molecular flexibility index (Phi) is 5.78. The Morgan fingerprint density at radius 1 is 0.938 bits per heavy atom. The second kappa shape index (κ2) is 6.87. The maximum Gasteiger partial charge on any atom is 0.00706 e. The van der Waals surface area contributed by atoms with Gasteiger partial charge in [-0.2, -0.15) is 11.3 Å². The minimum atomic E-state index is 0.696. The van der Waals surface area contributed by atoms with E-state index in [4.69, 9.17) is 0 Å². The average molecular weight is 252 g/mol. The number of thiophene rings is 2. The molecule has 0 aliphatic rings. The number of hydrogen-bond donors (Lipinski definition) is 0. The molecule has 0 radical (unpaired) electrons. The minimum absolute atomic E-state index is 0.696. The molecule has 0 atom stereocenters. The summed E-state index contributed by atoms with van der Waals surface area (Å²) in [5.41, 5.74) is 1.45. The smallest absolute Gasteiger partial charge is 0.00706 e. The summed E-state index contributed by atoms with van der Waals surface area (Å²) < 4.78 is 0. The highest BCUT2D eigenvalue weighted by Crippen LogP contribution is 2.18. The summed E-state index contributed by atoms with van der Waals surface area (Å²) in [6.45, 7) is 8.85. The van der Waals surface area contributed by atoms with Crippen LogP contribution in [0.3, 0.4) is 0 Å². The average Bonchev–Trinajstić information content (AvgIpc) is 2.93. The van der Waals surface area contributed by atoms with Crippen molar-refractivity contribution in [1.29, 1.82) is 0 Å². The van der Waals surface area contributed by atoms with Crippen molar-refractivity contribution >= 4 is 22.7 Å². The van der Waals surface area contributed by atoms with Crippen molar-refractivity contribution < 1.29 is 0 Å². The van der Waals surface area contributed by atoms with Crippen LogP contribution in [0.25, 0.3) is 0 Å². The van der Waals surface area contributed by atoms with Gasteiger partial charge in [0, 0.05) is 4.88 Å². The molecule has 0 saturated carbocycles. The molecular formula is C14H20S2. The lowest BCUT2D eigenvalue weighted by Gasteiger charge is -1.96. The van der Waals surface area contributed by atoms with Crippen LogP contribution in [0.15, 0.2) is 34.3 Å². The molecule has 16 heavy (non-hydrogen) atoms. The summed E-state index contributed by atoms with van der Waals surface area (Å²) in [6.07, 6.45) is 0. The first-order valence-electron chi connectivity index (χ1n) is 5.66. The van der Waals surface area contributed by atoms with Crippen molar-refractivity contribution in [2.45, 2.75) is 39.5 Å². The van der Waals surface area contributed by atoms with E-state index in [0.717, 1.165) is 0 Å². The number of hydrogen-bond acceptors (Lipinski definition) is 2. The number of rotatable bonds is 2. The largest absolute Gasteiger partial charge is 0.152 e. The lowest BCUT2D eigenvalue weighted by Crippen LogP contribution is -1.79. The van der Waals surface area contributed by atoms with Crippen molar-refractivity contribution in [2.24, 2.45) is 0 Å². The molecule has 2 rings (SSSR count). The summed E-state index contributed by atoms with van der Waals surface area (Å²) >= 11 is 3.60. The first-order valence-corrected chi connectivity index (χ1v) is 7.49. The highest BCUT2D eigenvalue weighted by Gasteiger charge is 1.96. The van der Waals surface area contributed by atoms with Gasteiger partial charge in [0.2, 0.25) is 0 Å². The molecule has 0 aliphatic heterocycles. The molecule has 0 spiro atoms. The Morgan fingerprint density at radius 2 is 1.69 bits per heavy atom. The summed E-state index contributed by atoms with van der Waals surface area (Å²) in [5.74, 6) is 1.40. The van der Waals surface area contributed by atoms with E-state index in [1.54, 1.807) is 11.3 Å². The standard InChI is InChI=1S/2C7H10S/c1-6(2)7-3-4-8-5-7;1-6(2)7-4-3-5-8-7/h2*3-6H,1-2H3. The lowest BCUT2D eigenvalue weighted by atomic mass is 10.1. The van der Waals surface area contributed by atoms with E-state index < -0.39 is 0 Å². The van der Waals surface area contributed by atoms with Crippen LogP contribution in [-0.2, 0) is 0 Å². The third-order valence-corrected chi connectivity index (χ3v) is 4.20. The first-order chi connectivity index (χ1) is 7.61. The molecule has 0 bridgehead atoms. The zero-order valence-corrected chi connectivity index (χ0v) is 12.1. The van der Waals surface area contributed by atoms with Gasteiger partial charge in [0.15, 0.2) is 0 Å². The minimum Gasteiger partial charge on any atom is -0.152 e. The van der Waals surface area contributed by atoms with Crippen molar-refractivity contribution in [3.8, 4) is 0 Å². The van der Waals surface area contributed by atoms with E-state index in [1.165, 1.54) is 10.4 Å². The van der Waals surface area contributed by atoms with Crippen LogP contribution in [0.5, 0.6) is 0 Å². The van der Waals surface area contributed by atoms with Gasteiger partial charge in [-0.25, -0.2) is 0 Å². The molecule has 0 aromatic carbocycles. The Labute approximate surface area is 107 Å². The highest BCUT2D eigenvalue weighted by molar-refractivity contribution is 7.10. The third-order valence-electron chi connectivity index (χ3n) is 2.32. The van der Waals surface area contributed by atoms with E-state index >= 15 is 0 Å². The molecular weight excluding hydrogens is 232 g/mol. The van der Waals surface area contributed by atoms with E-state index in [2.05, 4.69) is 62.0 Å². The van der Waals surface area contributed by atoms with Gasteiger partial charge in [0.1, 0.15) is 0 Å². The Bertz CT molecular complexity index is 317. The zero-order chi connectivity index (χ0) is 12.0. The van der Waals surface area contributed by atoms with Crippen molar-refractivity contribution in [3.63, 3.8) is 0 Å². The summed E-state index contributed by atoms with van der Waals surface area (Å²) in [7, 11) is 0. The van der Waals surface area contributed by atoms with E-state index in [-0.39, 0.29) is 0 Å². The molecule has 2 heteroatoms. The van der Waals surface area contributed by atoms with Crippen LogP contribution in [0.1, 0.15) is 50.0 Å². The van der Waals surface area contributed by atoms with Crippen molar-refractivity contribution in [1.82, 2.24) is 0 Å².